The first-order valence-corrected chi connectivity index (χ1v) is 4.21. The predicted octanol–water partition coefficient (Wildman–Crippen LogP) is 1.18. The van der Waals surface area contributed by atoms with E-state index in [0.29, 0.717) is 6.67 Å². The molecule has 0 radical (unpaired) electrons. The van der Waals surface area contributed by atoms with E-state index in [1.807, 2.05) is 25.1 Å². The van der Waals surface area contributed by atoms with E-state index >= 15 is 0 Å². The summed E-state index contributed by atoms with van der Waals surface area (Å²) in [4.78, 5) is 12.3. The summed E-state index contributed by atoms with van der Waals surface area (Å²) >= 11 is 0. The highest BCUT2D eigenvalue weighted by Crippen LogP contribution is 2.04. The van der Waals surface area contributed by atoms with Gasteiger partial charge in [-0.2, -0.15) is 0 Å². The first-order valence-electron chi connectivity index (χ1n) is 4.21. The molecule has 4 heteroatoms. The van der Waals surface area contributed by atoms with Gasteiger partial charge in [0, 0.05) is 13.1 Å². The molecule has 1 aliphatic rings. The lowest BCUT2D eigenvalue weighted by Gasteiger charge is -2.00. The molecule has 0 bridgehead atoms. The first kappa shape index (κ1) is 15.1. The summed E-state index contributed by atoms with van der Waals surface area (Å²) in [6.45, 7) is 0.639. The van der Waals surface area contributed by atoms with E-state index in [4.69, 9.17) is 5.73 Å². The van der Waals surface area contributed by atoms with Crippen LogP contribution in [-0.2, 0) is 4.79 Å². The lowest BCUT2D eigenvalue weighted by molar-refractivity contribution is -0.114. The Kier molecular flexibility index (Phi) is 11.3. The van der Waals surface area contributed by atoms with Gasteiger partial charge in [0.05, 0.1) is 0 Å². The van der Waals surface area contributed by atoms with E-state index in [1.165, 1.54) is 0 Å². The van der Waals surface area contributed by atoms with Crippen LogP contribution in [0.15, 0.2) is 12.2 Å². The van der Waals surface area contributed by atoms with Crippen molar-refractivity contribution in [2.45, 2.75) is 19.3 Å². The highest BCUT2D eigenvalue weighted by molar-refractivity contribution is 5.90. The monoisotopic (exact) mass is 206 g/mol. The van der Waals surface area contributed by atoms with Gasteiger partial charge in [-0.15, -0.1) is 12.4 Å². The van der Waals surface area contributed by atoms with Gasteiger partial charge < -0.3 is 5.73 Å². The third-order valence-corrected chi connectivity index (χ3v) is 1.46. The second-order valence-electron chi connectivity index (χ2n) is 3.02. The molecule has 13 heavy (non-hydrogen) atoms. The Labute approximate surface area is 86.4 Å². The van der Waals surface area contributed by atoms with Crippen molar-refractivity contribution < 1.29 is 4.79 Å². The number of nitrogens with two attached hydrogens (primary N) is 1. The molecule has 2 N–H and O–H groups in total. The summed E-state index contributed by atoms with van der Waals surface area (Å²) in [5, 5.41) is 0. The first-order chi connectivity index (χ1) is 5.66. The van der Waals surface area contributed by atoms with Crippen LogP contribution >= 0.6 is 12.4 Å². The van der Waals surface area contributed by atoms with Gasteiger partial charge in [-0.1, -0.05) is 6.08 Å². The highest BCUT2D eigenvalue weighted by atomic mass is 35.5. The molecular formula is C9H19ClN2O. The van der Waals surface area contributed by atoms with Crippen LogP contribution < -0.4 is 5.73 Å². The predicted molar refractivity (Wildman–Crippen MR) is 58.0 cm³/mol. The van der Waals surface area contributed by atoms with Gasteiger partial charge in [0.15, 0.2) is 5.78 Å². The summed E-state index contributed by atoms with van der Waals surface area (Å²) in [6, 6.07) is 0. The van der Waals surface area contributed by atoms with E-state index < -0.39 is 0 Å². The van der Waals surface area contributed by atoms with Gasteiger partial charge in [0.2, 0.25) is 0 Å². The maximum Gasteiger partial charge on any atom is 0.155 e. The van der Waals surface area contributed by atoms with Crippen LogP contribution in [0.1, 0.15) is 19.3 Å². The number of ketones is 1. The standard InChI is InChI=1S/C6H8O.C3H10N2.ClH/c7-6-4-2-1-3-5-6;1-5(2)3-4;/h2,4H,1,3,5H2;3-4H2,1-2H3;1H. The highest BCUT2D eigenvalue weighted by Gasteiger charge is 1.98. The van der Waals surface area contributed by atoms with E-state index in [2.05, 4.69) is 0 Å². The molecule has 0 heterocycles. The van der Waals surface area contributed by atoms with Crippen molar-refractivity contribution in [2.24, 2.45) is 5.73 Å². The number of hydrogen-bond donors (Lipinski definition) is 1. The summed E-state index contributed by atoms with van der Waals surface area (Å²) in [7, 11) is 3.86. The van der Waals surface area contributed by atoms with Gasteiger partial charge in [-0.05, 0) is 33.0 Å². The topological polar surface area (TPSA) is 46.3 Å². The van der Waals surface area contributed by atoms with Crippen LogP contribution in [0.5, 0.6) is 0 Å². The Hall–Kier alpha value is -0.380. The van der Waals surface area contributed by atoms with Crippen molar-refractivity contribution >= 4 is 18.2 Å². The lowest BCUT2D eigenvalue weighted by Crippen LogP contribution is -2.20. The minimum absolute atomic E-state index is 0. The molecule has 3 nitrogen and oxygen atoms in total. The number of halogens is 1. The fraction of sp³-hybridized carbons (Fsp3) is 0.667. The Morgan fingerprint density at radius 2 is 2.08 bits per heavy atom. The number of allylic oxidation sites excluding steroid dienone is 2. The van der Waals surface area contributed by atoms with Crippen LogP contribution in [-0.4, -0.2) is 31.4 Å². The van der Waals surface area contributed by atoms with Crippen molar-refractivity contribution in [3.8, 4) is 0 Å². The van der Waals surface area contributed by atoms with E-state index in [9.17, 15) is 4.79 Å². The van der Waals surface area contributed by atoms with Crippen molar-refractivity contribution in [2.75, 3.05) is 20.8 Å². The summed E-state index contributed by atoms with van der Waals surface area (Å²) in [6.07, 6.45) is 6.51. The average Bonchev–Trinajstić information content (AvgIpc) is 2.07. The Morgan fingerprint density at radius 1 is 1.54 bits per heavy atom. The Bertz CT molecular complexity index is 158. The second kappa shape index (κ2) is 9.71. The second-order valence-corrected chi connectivity index (χ2v) is 3.02. The molecule has 0 unspecified atom stereocenters. The molecule has 0 aliphatic heterocycles. The minimum Gasteiger partial charge on any atom is -0.318 e. The largest absolute Gasteiger partial charge is 0.318 e. The lowest BCUT2D eigenvalue weighted by atomic mass is 10.1. The van der Waals surface area contributed by atoms with Crippen molar-refractivity contribution in [3.05, 3.63) is 12.2 Å². The van der Waals surface area contributed by atoms with Crippen LogP contribution in [0.4, 0.5) is 0 Å². The van der Waals surface area contributed by atoms with Crippen LogP contribution in [0.3, 0.4) is 0 Å². The third-order valence-electron chi connectivity index (χ3n) is 1.46. The molecule has 0 saturated heterocycles. The fourth-order valence-corrected chi connectivity index (χ4v) is 0.692. The normalized spacial score (nSPS) is 14.6. The molecular weight excluding hydrogens is 188 g/mol. The maximum absolute atomic E-state index is 10.4. The quantitative estimate of drug-likeness (QED) is 0.656. The number of carbonyl (C=O) groups is 1. The number of nitrogens with zero attached hydrogens (tertiary/aromatic N) is 1. The number of carbonyl (C=O) groups excluding carboxylic acids is 1. The molecule has 0 spiro atoms. The minimum atomic E-state index is 0. The Balaban J connectivity index is 0. The van der Waals surface area contributed by atoms with Crippen LogP contribution in [0, 0.1) is 0 Å². The van der Waals surface area contributed by atoms with Gasteiger partial charge >= 0.3 is 0 Å². The molecule has 0 atom stereocenters. The van der Waals surface area contributed by atoms with Gasteiger partial charge in [-0.25, -0.2) is 0 Å². The molecule has 0 saturated carbocycles. The van der Waals surface area contributed by atoms with Gasteiger partial charge in [0.25, 0.3) is 0 Å². The van der Waals surface area contributed by atoms with E-state index in [-0.39, 0.29) is 18.2 Å². The zero-order valence-electron chi connectivity index (χ0n) is 8.32. The van der Waals surface area contributed by atoms with Crippen molar-refractivity contribution in [3.63, 3.8) is 0 Å². The number of rotatable bonds is 1. The summed E-state index contributed by atoms with van der Waals surface area (Å²) < 4.78 is 0. The van der Waals surface area contributed by atoms with E-state index in [0.717, 1.165) is 19.3 Å². The van der Waals surface area contributed by atoms with Gasteiger partial charge in [-0.3, -0.25) is 9.69 Å². The van der Waals surface area contributed by atoms with Crippen molar-refractivity contribution in [1.82, 2.24) is 4.90 Å². The maximum atomic E-state index is 10.4. The molecule has 78 valence electrons. The molecule has 0 aromatic heterocycles. The molecule has 1 aliphatic carbocycles. The van der Waals surface area contributed by atoms with Crippen molar-refractivity contribution in [1.29, 1.82) is 0 Å². The fourth-order valence-electron chi connectivity index (χ4n) is 0.692. The third kappa shape index (κ3) is 11.6. The molecule has 0 fully saturated rings. The zero-order chi connectivity index (χ0) is 9.40. The van der Waals surface area contributed by atoms with Crippen LogP contribution in [0.25, 0.3) is 0 Å². The molecule has 0 aromatic rings. The smallest absolute Gasteiger partial charge is 0.155 e. The summed E-state index contributed by atoms with van der Waals surface area (Å²) in [5.74, 6) is 0.284. The van der Waals surface area contributed by atoms with Crippen LogP contribution in [0.2, 0.25) is 0 Å². The summed E-state index contributed by atoms with van der Waals surface area (Å²) in [5.41, 5.74) is 5.10. The Morgan fingerprint density at radius 3 is 2.23 bits per heavy atom. The molecule has 1 rings (SSSR count). The number of hydrogen-bond acceptors (Lipinski definition) is 3. The van der Waals surface area contributed by atoms with E-state index in [1.54, 1.807) is 6.08 Å². The SMILES string of the molecule is CN(C)CN.Cl.O=C1C=CCCC1. The molecule has 0 aromatic carbocycles. The zero-order valence-corrected chi connectivity index (χ0v) is 9.14. The van der Waals surface area contributed by atoms with Gasteiger partial charge in [0.1, 0.15) is 0 Å². The molecule has 0 amide bonds. The average molecular weight is 207 g/mol.